The summed E-state index contributed by atoms with van der Waals surface area (Å²) in [5, 5.41) is 20.8. The predicted molar refractivity (Wildman–Crippen MR) is 96.7 cm³/mol. The van der Waals surface area contributed by atoms with Gasteiger partial charge in [0.15, 0.2) is 0 Å². The van der Waals surface area contributed by atoms with E-state index in [0.29, 0.717) is 26.1 Å². The van der Waals surface area contributed by atoms with Crippen molar-refractivity contribution in [1.82, 2.24) is 4.90 Å². The maximum atomic E-state index is 12.3. The van der Waals surface area contributed by atoms with Gasteiger partial charge >= 0.3 is 11.9 Å². The SMILES string of the molecule is CCOC(=O)C1CCCN(/C=C(/C#N)C(=O)Nc2cccc(C(=O)O)c2)C1. The van der Waals surface area contributed by atoms with Gasteiger partial charge in [-0.2, -0.15) is 5.26 Å². The quantitative estimate of drug-likeness (QED) is 0.446. The fourth-order valence-electron chi connectivity index (χ4n) is 2.83. The molecule has 0 aliphatic carbocycles. The molecule has 0 aromatic heterocycles. The Labute approximate surface area is 157 Å². The fourth-order valence-corrected chi connectivity index (χ4v) is 2.83. The van der Waals surface area contributed by atoms with E-state index in [2.05, 4.69) is 5.32 Å². The van der Waals surface area contributed by atoms with Crippen molar-refractivity contribution < 1.29 is 24.2 Å². The number of benzene rings is 1. The fraction of sp³-hybridized carbons (Fsp3) is 0.368. The van der Waals surface area contributed by atoms with E-state index in [1.807, 2.05) is 6.07 Å². The molecule has 2 N–H and O–H groups in total. The van der Waals surface area contributed by atoms with Crippen LogP contribution in [0.5, 0.6) is 0 Å². The normalized spacial score (nSPS) is 17.0. The molecule has 1 saturated heterocycles. The summed E-state index contributed by atoms with van der Waals surface area (Å²) in [5.74, 6) is -2.31. The molecule has 142 valence electrons. The van der Waals surface area contributed by atoms with Crippen molar-refractivity contribution in [2.45, 2.75) is 19.8 Å². The van der Waals surface area contributed by atoms with Crippen LogP contribution in [0.2, 0.25) is 0 Å². The lowest BCUT2D eigenvalue weighted by Crippen LogP contribution is -2.37. The topological polar surface area (TPSA) is 120 Å². The molecule has 8 heteroatoms. The summed E-state index contributed by atoms with van der Waals surface area (Å²) >= 11 is 0. The number of nitriles is 1. The first kappa shape index (κ1) is 20.0. The van der Waals surface area contributed by atoms with Gasteiger partial charge in [-0.05, 0) is 38.0 Å². The second kappa shape index (κ2) is 9.38. The zero-order chi connectivity index (χ0) is 19.8. The Bertz CT molecular complexity index is 797. The Balaban J connectivity index is 2.07. The summed E-state index contributed by atoms with van der Waals surface area (Å²) in [6.07, 6.45) is 2.89. The van der Waals surface area contributed by atoms with E-state index >= 15 is 0 Å². The third-order valence-corrected chi connectivity index (χ3v) is 4.12. The van der Waals surface area contributed by atoms with Crippen LogP contribution >= 0.6 is 0 Å². The van der Waals surface area contributed by atoms with E-state index in [0.717, 1.165) is 6.42 Å². The summed E-state index contributed by atoms with van der Waals surface area (Å²) in [5.41, 5.74) is 0.188. The first-order chi connectivity index (χ1) is 12.9. The van der Waals surface area contributed by atoms with E-state index in [4.69, 9.17) is 9.84 Å². The molecule has 1 atom stereocenters. The number of piperidine rings is 1. The van der Waals surface area contributed by atoms with Crippen molar-refractivity contribution in [2.24, 2.45) is 5.92 Å². The van der Waals surface area contributed by atoms with E-state index in [9.17, 15) is 19.6 Å². The molecule has 1 amide bonds. The molecule has 0 bridgehead atoms. The maximum absolute atomic E-state index is 12.3. The van der Waals surface area contributed by atoms with Crippen LogP contribution in [0.3, 0.4) is 0 Å². The summed E-state index contributed by atoms with van der Waals surface area (Å²) in [4.78, 5) is 37.0. The average molecular weight is 371 g/mol. The number of aromatic carboxylic acids is 1. The predicted octanol–water partition coefficient (Wildman–Crippen LogP) is 2.01. The van der Waals surface area contributed by atoms with Gasteiger partial charge in [-0.25, -0.2) is 4.79 Å². The van der Waals surface area contributed by atoms with Crippen LogP contribution in [0.15, 0.2) is 36.0 Å². The van der Waals surface area contributed by atoms with Crippen LogP contribution < -0.4 is 5.32 Å². The van der Waals surface area contributed by atoms with Gasteiger partial charge < -0.3 is 20.1 Å². The van der Waals surface area contributed by atoms with E-state index in [1.165, 1.54) is 30.5 Å². The van der Waals surface area contributed by atoms with Crippen molar-refractivity contribution >= 4 is 23.5 Å². The smallest absolute Gasteiger partial charge is 0.335 e. The number of nitrogens with one attached hydrogen (secondary N) is 1. The van der Waals surface area contributed by atoms with Gasteiger partial charge in [-0.1, -0.05) is 6.07 Å². The first-order valence-electron chi connectivity index (χ1n) is 8.62. The zero-order valence-corrected chi connectivity index (χ0v) is 15.0. The second-order valence-corrected chi connectivity index (χ2v) is 6.08. The number of likely N-dealkylation sites (tertiary alicyclic amines) is 1. The Kier molecular flexibility index (Phi) is 6.94. The molecule has 0 saturated carbocycles. The summed E-state index contributed by atoms with van der Waals surface area (Å²) in [6, 6.07) is 7.61. The van der Waals surface area contributed by atoms with Crippen LogP contribution in [-0.4, -0.2) is 47.5 Å². The molecule has 1 aromatic carbocycles. The zero-order valence-electron chi connectivity index (χ0n) is 15.0. The Morgan fingerprint density at radius 1 is 1.44 bits per heavy atom. The van der Waals surface area contributed by atoms with Crippen LogP contribution in [0.25, 0.3) is 0 Å². The van der Waals surface area contributed by atoms with Crippen molar-refractivity contribution in [1.29, 1.82) is 5.26 Å². The lowest BCUT2D eigenvalue weighted by molar-refractivity contribution is -0.149. The highest BCUT2D eigenvalue weighted by atomic mass is 16.5. The molecule has 1 heterocycles. The first-order valence-corrected chi connectivity index (χ1v) is 8.62. The van der Waals surface area contributed by atoms with Gasteiger partial charge in [0, 0.05) is 25.0 Å². The summed E-state index contributed by atoms with van der Waals surface area (Å²) < 4.78 is 5.04. The number of carbonyl (C=O) groups excluding carboxylic acids is 2. The highest BCUT2D eigenvalue weighted by Crippen LogP contribution is 2.19. The van der Waals surface area contributed by atoms with Gasteiger partial charge in [0.1, 0.15) is 11.6 Å². The van der Waals surface area contributed by atoms with Gasteiger partial charge in [0.2, 0.25) is 0 Å². The highest BCUT2D eigenvalue weighted by Gasteiger charge is 2.26. The number of anilines is 1. The Morgan fingerprint density at radius 2 is 2.22 bits per heavy atom. The number of nitrogens with zero attached hydrogens (tertiary/aromatic N) is 2. The Hall–Kier alpha value is -3.34. The van der Waals surface area contributed by atoms with Gasteiger partial charge in [0.05, 0.1) is 18.1 Å². The molecule has 27 heavy (non-hydrogen) atoms. The molecule has 0 spiro atoms. The summed E-state index contributed by atoms with van der Waals surface area (Å²) in [7, 11) is 0. The molecule has 1 aliphatic heterocycles. The number of amides is 1. The minimum absolute atomic E-state index is 0.0311. The third-order valence-electron chi connectivity index (χ3n) is 4.12. The molecule has 1 fully saturated rings. The molecule has 8 nitrogen and oxygen atoms in total. The van der Waals surface area contributed by atoms with E-state index in [-0.39, 0.29) is 28.7 Å². The lowest BCUT2D eigenvalue weighted by atomic mass is 9.98. The minimum atomic E-state index is -1.11. The standard InChI is InChI=1S/C19H21N3O5/c1-2-27-19(26)14-6-4-8-22(11-14)12-15(10-20)17(23)21-16-7-3-5-13(9-16)18(24)25/h3,5,7,9,12,14H,2,4,6,8,11H2,1H3,(H,21,23)(H,24,25)/b15-12-. The molecule has 1 aliphatic rings. The van der Waals surface area contributed by atoms with Crippen LogP contribution in [0, 0.1) is 17.2 Å². The van der Waals surface area contributed by atoms with Crippen molar-refractivity contribution in [3.8, 4) is 6.07 Å². The van der Waals surface area contributed by atoms with Crippen LogP contribution in [-0.2, 0) is 14.3 Å². The van der Waals surface area contributed by atoms with Crippen LogP contribution in [0.1, 0.15) is 30.1 Å². The minimum Gasteiger partial charge on any atom is -0.478 e. The number of carboxylic acid groups (broad SMARTS) is 1. The molecule has 2 rings (SSSR count). The molecular weight excluding hydrogens is 350 g/mol. The molecule has 1 aromatic rings. The van der Waals surface area contributed by atoms with Crippen molar-refractivity contribution in [3.05, 3.63) is 41.6 Å². The highest BCUT2D eigenvalue weighted by molar-refractivity contribution is 6.06. The van der Waals surface area contributed by atoms with Crippen LogP contribution in [0.4, 0.5) is 5.69 Å². The third kappa shape index (κ3) is 5.57. The number of ether oxygens (including phenoxy) is 1. The van der Waals surface area contributed by atoms with Crippen molar-refractivity contribution in [2.75, 3.05) is 25.0 Å². The maximum Gasteiger partial charge on any atom is 0.335 e. The lowest BCUT2D eigenvalue weighted by Gasteiger charge is -2.30. The molecular formula is C19H21N3O5. The molecule has 1 unspecified atom stereocenters. The largest absolute Gasteiger partial charge is 0.478 e. The number of rotatable bonds is 6. The monoisotopic (exact) mass is 371 g/mol. The number of carbonyl (C=O) groups is 3. The van der Waals surface area contributed by atoms with E-state index in [1.54, 1.807) is 11.8 Å². The average Bonchev–Trinajstić information content (AvgIpc) is 2.66. The Morgan fingerprint density at radius 3 is 2.89 bits per heavy atom. The number of hydrogen-bond donors (Lipinski definition) is 2. The number of carboxylic acids is 1. The van der Waals surface area contributed by atoms with Gasteiger partial charge in [0.25, 0.3) is 5.91 Å². The van der Waals surface area contributed by atoms with Crippen molar-refractivity contribution in [3.63, 3.8) is 0 Å². The summed E-state index contributed by atoms with van der Waals surface area (Å²) in [6.45, 7) is 3.07. The molecule has 0 radical (unpaired) electrons. The van der Waals surface area contributed by atoms with Gasteiger partial charge in [-0.15, -0.1) is 0 Å². The number of esters is 1. The van der Waals surface area contributed by atoms with E-state index < -0.39 is 11.9 Å². The number of hydrogen-bond acceptors (Lipinski definition) is 6. The second-order valence-electron chi connectivity index (χ2n) is 6.08. The van der Waals surface area contributed by atoms with Gasteiger partial charge in [-0.3, -0.25) is 9.59 Å².